The fourth-order valence-electron chi connectivity index (χ4n) is 8.86. The highest BCUT2D eigenvalue weighted by atomic mass is 16.6. The standard InChI is InChI=1S/C76H122O6/c1-4-7-10-13-16-19-22-24-26-28-30-31-32-33-34-35-36-37-38-39-40-41-42-43-44-45-47-48-50-52-54-57-60-63-66-69-75(78)81-72-73(71-80-74(77)68-65-62-59-56-21-18-15-12-9-6-3)82-76(79)70-67-64-61-58-55-53-51-49-46-29-27-25-23-20-17-14-11-8-5-2/h7-8,10-11,16-17,19-20,24-27,30-31,33-34,36-37,39-40,46,49,53,55,61,64,73H,4-6,9,12-15,18,21-23,28-29,32,35,38,41-45,47-48,50-52,54,56-60,62-63,65-72H2,1-3H3/b10-7-,11-8-,19-16-,20-17-,26-24-,27-25-,31-30-,34-33-,37-36-,40-39-,49-46-,55-53-,64-61-. The third-order valence-electron chi connectivity index (χ3n) is 13.8. The largest absolute Gasteiger partial charge is 0.462 e. The van der Waals surface area contributed by atoms with E-state index in [1.807, 2.05) is 6.08 Å². The highest BCUT2D eigenvalue weighted by Gasteiger charge is 2.19. The lowest BCUT2D eigenvalue weighted by molar-refractivity contribution is -0.166. The molecule has 0 aromatic rings. The molecule has 0 saturated heterocycles. The van der Waals surface area contributed by atoms with Crippen LogP contribution in [-0.2, 0) is 28.6 Å². The number of esters is 3. The third kappa shape index (κ3) is 65.8. The molecular weight excluding hydrogens is 1010 g/mol. The van der Waals surface area contributed by atoms with Crippen molar-refractivity contribution < 1.29 is 28.6 Å². The van der Waals surface area contributed by atoms with Gasteiger partial charge in [-0.2, -0.15) is 0 Å². The minimum absolute atomic E-state index is 0.110. The van der Waals surface area contributed by atoms with Crippen LogP contribution in [0.25, 0.3) is 0 Å². The van der Waals surface area contributed by atoms with Crippen molar-refractivity contribution >= 4 is 17.9 Å². The van der Waals surface area contributed by atoms with Gasteiger partial charge in [-0.1, -0.05) is 307 Å². The smallest absolute Gasteiger partial charge is 0.306 e. The summed E-state index contributed by atoms with van der Waals surface area (Å²) in [4.78, 5) is 38.2. The molecule has 0 aromatic heterocycles. The van der Waals surface area contributed by atoms with Gasteiger partial charge in [-0.25, -0.2) is 0 Å². The zero-order valence-electron chi connectivity index (χ0n) is 52.9. The van der Waals surface area contributed by atoms with E-state index in [2.05, 4.69) is 173 Å². The van der Waals surface area contributed by atoms with Crippen molar-refractivity contribution in [2.45, 2.75) is 290 Å². The van der Waals surface area contributed by atoms with Crippen molar-refractivity contribution in [2.75, 3.05) is 13.2 Å². The fourth-order valence-corrected chi connectivity index (χ4v) is 8.86. The second-order valence-electron chi connectivity index (χ2n) is 21.6. The van der Waals surface area contributed by atoms with Crippen LogP contribution in [-0.4, -0.2) is 37.2 Å². The fraction of sp³-hybridized carbons (Fsp3) is 0.618. The number of unbranched alkanes of at least 4 members (excludes halogenated alkanes) is 22. The summed E-state index contributed by atoms with van der Waals surface area (Å²) in [5.74, 6) is -0.998. The van der Waals surface area contributed by atoms with Gasteiger partial charge in [0, 0.05) is 19.3 Å². The van der Waals surface area contributed by atoms with Gasteiger partial charge in [0.15, 0.2) is 6.10 Å². The van der Waals surface area contributed by atoms with Crippen LogP contribution in [0.5, 0.6) is 0 Å². The molecule has 0 heterocycles. The first-order valence-corrected chi connectivity index (χ1v) is 33.5. The van der Waals surface area contributed by atoms with E-state index in [4.69, 9.17) is 14.2 Å². The third-order valence-corrected chi connectivity index (χ3v) is 13.8. The average molecular weight is 1130 g/mol. The molecule has 462 valence electrons. The number of rotatable bonds is 59. The number of hydrogen-bond donors (Lipinski definition) is 0. The van der Waals surface area contributed by atoms with Crippen LogP contribution >= 0.6 is 0 Å². The summed E-state index contributed by atoms with van der Waals surface area (Å²) < 4.78 is 16.8. The van der Waals surface area contributed by atoms with Crippen molar-refractivity contribution in [2.24, 2.45) is 0 Å². The van der Waals surface area contributed by atoms with E-state index in [0.717, 1.165) is 122 Å². The summed E-state index contributed by atoms with van der Waals surface area (Å²) in [6.45, 7) is 6.34. The molecule has 0 aromatic carbocycles. The predicted octanol–water partition coefficient (Wildman–Crippen LogP) is 23.3. The van der Waals surface area contributed by atoms with Gasteiger partial charge < -0.3 is 14.2 Å². The zero-order chi connectivity index (χ0) is 59.2. The van der Waals surface area contributed by atoms with Crippen LogP contribution in [0.2, 0.25) is 0 Å². The van der Waals surface area contributed by atoms with Crippen LogP contribution in [0.3, 0.4) is 0 Å². The molecule has 82 heavy (non-hydrogen) atoms. The molecule has 0 aliphatic rings. The van der Waals surface area contributed by atoms with E-state index in [1.54, 1.807) is 0 Å². The lowest BCUT2D eigenvalue weighted by Gasteiger charge is -2.18. The van der Waals surface area contributed by atoms with Crippen molar-refractivity contribution in [3.63, 3.8) is 0 Å². The molecular formula is C76H122O6. The summed E-state index contributed by atoms with van der Waals surface area (Å²) in [6, 6.07) is 0. The number of carbonyl (C=O) groups is 3. The van der Waals surface area contributed by atoms with Gasteiger partial charge in [-0.15, -0.1) is 0 Å². The van der Waals surface area contributed by atoms with Gasteiger partial charge >= 0.3 is 17.9 Å². The quantitative estimate of drug-likeness (QED) is 0.0261. The maximum atomic E-state index is 12.8. The summed E-state index contributed by atoms with van der Waals surface area (Å²) in [7, 11) is 0. The van der Waals surface area contributed by atoms with Gasteiger partial charge in [0.05, 0.1) is 0 Å². The number of ether oxygens (including phenoxy) is 3. The van der Waals surface area contributed by atoms with Crippen molar-refractivity contribution in [1.29, 1.82) is 0 Å². The topological polar surface area (TPSA) is 78.9 Å². The summed E-state index contributed by atoms with van der Waals surface area (Å²) in [6.07, 6.45) is 100.0. The molecule has 0 aliphatic carbocycles. The van der Waals surface area contributed by atoms with Crippen molar-refractivity contribution in [1.82, 2.24) is 0 Å². The molecule has 0 aliphatic heterocycles. The van der Waals surface area contributed by atoms with Gasteiger partial charge in [-0.3, -0.25) is 14.4 Å². The Morgan fingerprint density at radius 3 is 0.793 bits per heavy atom. The molecule has 0 amide bonds. The van der Waals surface area contributed by atoms with Gasteiger partial charge in [-0.05, 0) is 116 Å². The Labute approximate surface area is 505 Å². The first-order valence-electron chi connectivity index (χ1n) is 33.5. The van der Waals surface area contributed by atoms with E-state index in [-0.39, 0.29) is 31.6 Å². The maximum absolute atomic E-state index is 12.8. The van der Waals surface area contributed by atoms with E-state index < -0.39 is 12.1 Å². The number of hydrogen-bond acceptors (Lipinski definition) is 6. The van der Waals surface area contributed by atoms with Crippen molar-refractivity contribution in [3.8, 4) is 0 Å². The molecule has 1 atom stereocenters. The highest BCUT2D eigenvalue weighted by Crippen LogP contribution is 2.16. The Bertz CT molecular complexity index is 1830. The Hall–Kier alpha value is -4.97. The average Bonchev–Trinajstić information content (AvgIpc) is 3.48. The lowest BCUT2D eigenvalue weighted by Crippen LogP contribution is -2.30. The zero-order valence-corrected chi connectivity index (χ0v) is 52.9. The summed E-state index contributed by atoms with van der Waals surface area (Å²) in [5, 5.41) is 0. The maximum Gasteiger partial charge on any atom is 0.306 e. The summed E-state index contributed by atoms with van der Waals surface area (Å²) >= 11 is 0. The molecule has 6 heteroatoms. The molecule has 0 N–H and O–H groups in total. The molecule has 6 nitrogen and oxygen atoms in total. The number of carbonyl (C=O) groups excluding carboxylic acids is 3. The van der Waals surface area contributed by atoms with E-state index in [1.165, 1.54) is 116 Å². The van der Waals surface area contributed by atoms with Gasteiger partial charge in [0.1, 0.15) is 13.2 Å². The Balaban J connectivity index is 4.24. The van der Waals surface area contributed by atoms with Crippen LogP contribution in [0, 0.1) is 0 Å². The van der Waals surface area contributed by atoms with Crippen LogP contribution < -0.4 is 0 Å². The first-order chi connectivity index (χ1) is 40.5. The van der Waals surface area contributed by atoms with E-state index in [9.17, 15) is 14.4 Å². The molecule has 0 rings (SSSR count). The molecule has 0 radical (unpaired) electrons. The predicted molar refractivity (Wildman–Crippen MR) is 357 cm³/mol. The normalized spacial score (nSPS) is 13.2. The Morgan fingerprint density at radius 1 is 0.256 bits per heavy atom. The van der Waals surface area contributed by atoms with Gasteiger partial charge in [0.2, 0.25) is 0 Å². The monoisotopic (exact) mass is 1130 g/mol. The SMILES string of the molecule is CC/C=C\C/C=C\C/C=C\C/C=C\C/C=C\C/C=C\C/C=C\CCCCCCCCCCCCCCCC(=O)OCC(COC(=O)CCCCCCCCCCCC)OC(=O)CC/C=C\C/C=C\C/C=C\C/C=C\C/C=C\C/C=C\CC. The second kappa shape index (κ2) is 68.5. The van der Waals surface area contributed by atoms with Crippen LogP contribution in [0.1, 0.15) is 284 Å². The Kier molecular flexibility index (Phi) is 64.4. The lowest BCUT2D eigenvalue weighted by atomic mass is 10.0. The molecule has 0 spiro atoms. The minimum atomic E-state index is -0.823. The second-order valence-corrected chi connectivity index (χ2v) is 21.6. The molecule has 1 unspecified atom stereocenters. The van der Waals surface area contributed by atoms with Gasteiger partial charge in [0.25, 0.3) is 0 Å². The summed E-state index contributed by atoms with van der Waals surface area (Å²) in [5.41, 5.74) is 0. The Morgan fingerprint density at radius 2 is 0.500 bits per heavy atom. The molecule has 0 saturated carbocycles. The van der Waals surface area contributed by atoms with Crippen LogP contribution in [0.15, 0.2) is 158 Å². The molecule has 0 bridgehead atoms. The molecule has 0 fully saturated rings. The van der Waals surface area contributed by atoms with Crippen molar-refractivity contribution in [3.05, 3.63) is 158 Å². The first kappa shape index (κ1) is 77.0. The van der Waals surface area contributed by atoms with E-state index >= 15 is 0 Å². The minimum Gasteiger partial charge on any atom is -0.462 e. The van der Waals surface area contributed by atoms with E-state index in [0.29, 0.717) is 19.3 Å². The highest BCUT2D eigenvalue weighted by molar-refractivity contribution is 5.71. The number of allylic oxidation sites excluding steroid dienone is 26. The van der Waals surface area contributed by atoms with Crippen LogP contribution in [0.4, 0.5) is 0 Å².